The number of rotatable bonds is 4. The summed E-state index contributed by atoms with van der Waals surface area (Å²) in [4.78, 5) is 12.6. The van der Waals surface area contributed by atoms with Crippen LogP contribution in [0.15, 0.2) is 51.4 Å². The van der Waals surface area contributed by atoms with Gasteiger partial charge in [-0.25, -0.2) is 0 Å². The summed E-state index contributed by atoms with van der Waals surface area (Å²) in [7, 11) is 2.29. The first kappa shape index (κ1) is 20.7. The Balaban J connectivity index is 0.000000386. The molecule has 2 aliphatic rings. The normalized spacial score (nSPS) is 18.6. The summed E-state index contributed by atoms with van der Waals surface area (Å²) in [6, 6.07) is 9.64. The summed E-state index contributed by atoms with van der Waals surface area (Å²) in [6.07, 6.45) is 9.28. The Hall–Kier alpha value is -0.566. The molecule has 1 saturated heterocycles. The second kappa shape index (κ2) is 8.88. The summed E-state index contributed by atoms with van der Waals surface area (Å²) >= 11 is -3.19. The molecular formula is C19H32HfNO2Si2. The van der Waals surface area contributed by atoms with E-state index in [9.17, 15) is 4.79 Å². The molecule has 1 aromatic carbocycles. The number of amides is 1. The molecule has 1 aliphatic carbocycles. The minimum absolute atomic E-state index is 0.142. The average Bonchev–Trinajstić information content (AvgIpc) is 3.29. The number of allylic oxidation sites excluding steroid dienone is 4. The average molecular weight is 541 g/mol. The Morgan fingerprint density at radius 1 is 1.20 bits per heavy atom. The van der Waals surface area contributed by atoms with Crippen molar-refractivity contribution in [1.29, 1.82) is 0 Å². The molecule has 1 aromatic rings. The van der Waals surface area contributed by atoms with Crippen LogP contribution in [-0.4, -0.2) is 34.0 Å². The fraction of sp³-hybridized carbons (Fsp3) is 0.421. The summed E-state index contributed by atoms with van der Waals surface area (Å²) < 4.78 is 12.6. The van der Waals surface area contributed by atoms with Gasteiger partial charge in [0.05, 0.1) is 0 Å². The first-order valence-corrected chi connectivity index (χ1v) is 40.1. The van der Waals surface area contributed by atoms with E-state index in [0.717, 1.165) is 46.5 Å². The van der Waals surface area contributed by atoms with Gasteiger partial charge < -0.3 is 4.74 Å². The van der Waals surface area contributed by atoms with Crippen molar-refractivity contribution >= 4 is 20.8 Å². The molecule has 3 nitrogen and oxygen atoms in total. The predicted molar refractivity (Wildman–Crippen MR) is 111 cm³/mol. The summed E-state index contributed by atoms with van der Waals surface area (Å²) in [5.41, 5.74) is 2.30. The molecule has 0 spiro atoms. The number of ether oxygens (including phenoxy) is 1. The monoisotopic (exact) mass is 542 g/mol. The molecule has 1 heterocycles. The van der Waals surface area contributed by atoms with Gasteiger partial charge in [-0.05, 0) is 12.8 Å². The summed E-state index contributed by atoms with van der Waals surface area (Å²) in [6.45, 7) is 4.22. The molecule has 6 heteroatoms. The van der Waals surface area contributed by atoms with Crippen molar-refractivity contribution in [2.75, 3.05) is 13.2 Å². The van der Waals surface area contributed by atoms with Crippen molar-refractivity contribution in [3.63, 3.8) is 0 Å². The minimum atomic E-state index is -3.19. The molecule has 3 rings (SSSR count). The van der Waals surface area contributed by atoms with Gasteiger partial charge in [-0.15, -0.1) is 0 Å². The van der Waals surface area contributed by atoms with Crippen molar-refractivity contribution in [2.45, 2.75) is 37.3 Å². The van der Waals surface area contributed by atoms with Gasteiger partial charge in [-0.2, -0.15) is 0 Å². The fourth-order valence-corrected chi connectivity index (χ4v) is 27.6. The number of hydrogen-bond acceptors (Lipinski definition) is 2. The van der Waals surface area contributed by atoms with E-state index in [0.29, 0.717) is 0 Å². The summed E-state index contributed by atoms with van der Waals surface area (Å²) in [5.74, 6) is 0.142. The van der Waals surface area contributed by atoms with Gasteiger partial charge in [-0.1, -0.05) is 0 Å². The zero-order valence-electron chi connectivity index (χ0n) is 16.1. The second-order valence-electron chi connectivity index (χ2n) is 8.23. The number of carbonyl (C=O) groups excluding carboxylic acids is 1. The second-order valence-corrected chi connectivity index (χ2v) is 99.2. The van der Waals surface area contributed by atoms with E-state index in [-0.39, 0.29) is 5.91 Å². The van der Waals surface area contributed by atoms with Crippen LogP contribution in [0.4, 0.5) is 0 Å². The first-order chi connectivity index (χ1) is 11.8. The van der Waals surface area contributed by atoms with Crippen molar-refractivity contribution in [2.24, 2.45) is 0 Å². The molecule has 1 fully saturated rings. The maximum atomic E-state index is 12.6. The SMILES string of the molecule is C1CCOC1.CCC1=[C]([Hf]([CH3])([SiH3])([SiH3])[NH]C(=O)c2ccccc2)CC=C1. The van der Waals surface area contributed by atoms with Gasteiger partial charge in [0.2, 0.25) is 0 Å². The van der Waals surface area contributed by atoms with Crippen molar-refractivity contribution in [1.82, 2.24) is 3.30 Å². The Bertz CT molecular complexity index is 651. The van der Waals surface area contributed by atoms with Gasteiger partial charge >= 0.3 is 127 Å². The quantitative estimate of drug-likeness (QED) is 0.594. The molecule has 1 N–H and O–H groups in total. The van der Waals surface area contributed by atoms with Crippen LogP contribution in [-0.2, 0) is 21.9 Å². The van der Waals surface area contributed by atoms with Crippen LogP contribution in [0, 0.1) is 0 Å². The number of benzene rings is 1. The van der Waals surface area contributed by atoms with E-state index in [2.05, 4.69) is 27.1 Å². The molecule has 0 bridgehead atoms. The van der Waals surface area contributed by atoms with E-state index in [1.165, 1.54) is 18.4 Å². The molecule has 137 valence electrons. The van der Waals surface area contributed by atoms with E-state index < -0.39 is 17.1 Å². The predicted octanol–water partition coefficient (Wildman–Crippen LogP) is 2.05. The van der Waals surface area contributed by atoms with Crippen LogP contribution in [0.3, 0.4) is 0 Å². The van der Waals surface area contributed by atoms with Crippen LogP contribution in [0.25, 0.3) is 0 Å². The third kappa shape index (κ3) is 5.98. The molecule has 1 amide bonds. The van der Waals surface area contributed by atoms with Crippen LogP contribution < -0.4 is 3.30 Å². The van der Waals surface area contributed by atoms with Gasteiger partial charge in [0.25, 0.3) is 0 Å². The molecule has 0 saturated carbocycles. The molecule has 25 heavy (non-hydrogen) atoms. The molecule has 0 atom stereocenters. The number of carbonyl (C=O) groups is 1. The van der Waals surface area contributed by atoms with Gasteiger partial charge in [0.1, 0.15) is 0 Å². The Labute approximate surface area is 157 Å². The van der Waals surface area contributed by atoms with Gasteiger partial charge in [0, 0.05) is 13.2 Å². The molecule has 0 radical (unpaired) electrons. The van der Waals surface area contributed by atoms with E-state index >= 15 is 0 Å². The Morgan fingerprint density at radius 3 is 2.36 bits per heavy atom. The van der Waals surface area contributed by atoms with Crippen molar-refractivity contribution in [3.05, 3.63) is 57.0 Å². The van der Waals surface area contributed by atoms with Crippen LogP contribution in [0.5, 0.6) is 0 Å². The fourth-order valence-electron chi connectivity index (χ4n) is 3.45. The Kier molecular flexibility index (Phi) is 7.37. The van der Waals surface area contributed by atoms with E-state index in [1.54, 1.807) is 3.33 Å². The maximum absolute atomic E-state index is 12.6. The van der Waals surface area contributed by atoms with Crippen molar-refractivity contribution in [3.8, 4) is 0 Å². The first-order valence-electron chi connectivity index (χ1n) is 9.39. The Morgan fingerprint density at radius 2 is 1.84 bits per heavy atom. The topological polar surface area (TPSA) is 38.3 Å². The number of hydrogen-bond donors (Lipinski definition) is 1. The zero-order valence-corrected chi connectivity index (χ0v) is 23.7. The molecule has 0 aromatic heterocycles. The summed E-state index contributed by atoms with van der Waals surface area (Å²) in [5, 5.41) is 0. The molecular weight excluding hydrogens is 509 g/mol. The third-order valence-corrected chi connectivity index (χ3v) is 32.3. The van der Waals surface area contributed by atoms with Gasteiger partial charge in [0.15, 0.2) is 0 Å². The van der Waals surface area contributed by atoms with Crippen LogP contribution >= 0.6 is 0 Å². The van der Waals surface area contributed by atoms with E-state index in [1.807, 2.05) is 30.3 Å². The molecule has 0 unspecified atom stereocenters. The van der Waals surface area contributed by atoms with Crippen molar-refractivity contribution < 1.29 is 26.7 Å². The number of nitrogens with one attached hydrogen (secondary N) is 1. The standard InChI is InChI=1S/C7H7NO.C7H9.C4H8O.CH3.Hf.2H3Si/c8-7(9)6-4-2-1-3-5-6;1-2-7-5-3-4-6-7;1-2-4-5-3-1;;;;/h1-5H,(H2,8,9);3,5H,2,4H2,1H3;1-4H2;1H3;;2*1H3/q;;;;+1;;/p-1. The third-order valence-electron chi connectivity index (χ3n) is 4.88. The zero-order chi connectivity index (χ0) is 18.4. The molecule has 1 aliphatic heterocycles. The van der Waals surface area contributed by atoms with Crippen LogP contribution in [0.2, 0.25) is 4.68 Å². The van der Waals surface area contributed by atoms with Crippen LogP contribution in [0.1, 0.15) is 43.0 Å². The van der Waals surface area contributed by atoms with E-state index in [4.69, 9.17) is 4.74 Å². The van der Waals surface area contributed by atoms with Gasteiger partial charge in [-0.3, -0.25) is 0 Å².